The van der Waals surface area contributed by atoms with E-state index in [1.54, 1.807) is 0 Å². The van der Waals surface area contributed by atoms with E-state index in [0.717, 1.165) is 6.61 Å². The summed E-state index contributed by atoms with van der Waals surface area (Å²) in [6.45, 7) is 6.66. The molecule has 3 heteroatoms. The largest absolute Gasteiger partial charge is 0.462 e. The van der Waals surface area contributed by atoms with Gasteiger partial charge in [-0.1, -0.05) is 0 Å². The van der Waals surface area contributed by atoms with Gasteiger partial charge in [0.05, 0.1) is 12.0 Å². The van der Waals surface area contributed by atoms with Crippen molar-refractivity contribution in [2.45, 2.75) is 26.9 Å². The maximum atomic E-state index is 11.1. The number of carbonyl (C=O) groups is 1. The maximum absolute atomic E-state index is 11.1. The molecule has 0 spiro atoms. The molecule has 0 N–H and O–H groups in total. The van der Waals surface area contributed by atoms with Crippen molar-refractivity contribution in [2.24, 2.45) is 5.41 Å². The van der Waals surface area contributed by atoms with Crippen molar-refractivity contribution in [1.82, 2.24) is 0 Å². The quantitative estimate of drug-likeness (QED) is 0.444. The number of ether oxygens (including phenoxy) is 2. The standard InChI is InChI=1S/C8H14O3/c1-8(2,3)7(9)11-5-6-4-10-6/h6H,4-5H2,1-3H3/t6-/m0/s1. The van der Waals surface area contributed by atoms with Crippen molar-refractivity contribution < 1.29 is 14.3 Å². The molecule has 0 aromatic heterocycles. The summed E-state index contributed by atoms with van der Waals surface area (Å²) < 4.78 is 9.86. The summed E-state index contributed by atoms with van der Waals surface area (Å²) in [7, 11) is 0. The minimum atomic E-state index is -0.394. The van der Waals surface area contributed by atoms with Crippen LogP contribution < -0.4 is 0 Å². The maximum Gasteiger partial charge on any atom is 0.311 e. The van der Waals surface area contributed by atoms with Crippen LogP contribution in [0.3, 0.4) is 0 Å². The summed E-state index contributed by atoms with van der Waals surface area (Å²) in [5, 5.41) is 0. The van der Waals surface area contributed by atoms with Gasteiger partial charge in [-0.3, -0.25) is 4.79 Å². The first-order chi connectivity index (χ1) is 5.00. The van der Waals surface area contributed by atoms with Gasteiger partial charge in [0.1, 0.15) is 12.7 Å². The van der Waals surface area contributed by atoms with E-state index in [-0.39, 0.29) is 12.1 Å². The predicted molar refractivity (Wildman–Crippen MR) is 40.2 cm³/mol. The lowest BCUT2D eigenvalue weighted by molar-refractivity contribution is -0.153. The average molecular weight is 158 g/mol. The molecule has 1 fully saturated rings. The van der Waals surface area contributed by atoms with Crippen LogP contribution in [-0.2, 0) is 14.3 Å². The van der Waals surface area contributed by atoms with Crippen molar-refractivity contribution in [3.8, 4) is 0 Å². The van der Waals surface area contributed by atoms with Crippen molar-refractivity contribution in [3.63, 3.8) is 0 Å². The first-order valence-corrected chi connectivity index (χ1v) is 3.79. The molecule has 0 saturated carbocycles. The Balaban J connectivity index is 2.19. The highest BCUT2D eigenvalue weighted by atomic mass is 16.6. The van der Waals surface area contributed by atoms with Gasteiger partial charge in [-0.25, -0.2) is 0 Å². The lowest BCUT2D eigenvalue weighted by Gasteiger charge is -2.15. The van der Waals surface area contributed by atoms with E-state index in [0.29, 0.717) is 6.61 Å². The normalized spacial score (nSPS) is 23.0. The van der Waals surface area contributed by atoms with Gasteiger partial charge >= 0.3 is 5.97 Å². The minimum Gasteiger partial charge on any atom is -0.462 e. The van der Waals surface area contributed by atoms with Gasteiger partial charge in [0.15, 0.2) is 0 Å². The molecule has 11 heavy (non-hydrogen) atoms. The first-order valence-electron chi connectivity index (χ1n) is 3.79. The number of carbonyl (C=O) groups excluding carboxylic acids is 1. The molecular weight excluding hydrogens is 144 g/mol. The molecule has 1 aliphatic heterocycles. The van der Waals surface area contributed by atoms with E-state index >= 15 is 0 Å². The van der Waals surface area contributed by atoms with Crippen LogP contribution >= 0.6 is 0 Å². The number of epoxide rings is 1. The molecular formula is C8H14O3. The summed E-state index contributed by atoms with van der Waals surface area (Å²) in [6, 6.07) is 0. The van der Waals surface area contributed by atoms with E-state index in [2.05, 4.69) is 0 Å². The fourth-order valence-corrected chi connectivity index (χ4v) is 0.549. The van der Waals surface area contributed by atoms with E-state index in [4.69, 9.17) is 9.47 Å². The number of hydrogen-bond acceptors (Lipinski definition) is 3. The molecule has 3 nitrogen and oxygen atoms in total. The molecule has 0 radical (unpaired) electrons. The average Bonchev–Trinajstić information content (AvgIpc) is 2.62. The Morgan fingerprint density at radius 1 is 1.64 bits per heavy atom. The molecule has 1 rings (SSSR count). The van der Waals surface area contributed by atoms with E-state index in [1.165, 1.54) is 0 Å². The van der Waals surface area contributed by atoms with Crippen LogP contribution in [0.25, 0.3) is 0 Å². The number of rotatable bonds is 2. The fraction of sp³-hybridized carbons (Fsp3) is 0.875. The Morgan fingerprint density at radius 2 is 2.18 bits per heavy atom. The third-order valence-electron chi connectivity index (χ3n) is 1.42. The zero-order valence-electron chi connectivity index (χ0n) is 7.22. The lowest BCUT2D eigenvalue weighted by Crippen LogP contribution is -2.24. The Kier molecular flexibility index (Phi) is 2.18. The van der Waals surface area contributed by atoms with Crippen LogP contribution in [0.5, 0.6) is 0 Å². The van der Waals surface area contributed by atoms with Crippen LogP contribution in [0, 0.1) is 5.41 Å². The molecule has 1 heterocycles. The highest BCUT2D eigenvalue weighted by molar-refractivity contribution is 5.75. The van der Waals surface area contributed by atoms with E-state index < -0.39 is 5.41 Å². The summed E-state index contributed by atoms with van der Waals surface area (Å²) in [6.07, 6.45) is 0.168. The monoisotopic (exact) mass is 158 g/mol. The molecule has 0 amide bonds. The fourth-order valence-electron chi connectivity index (χ4n) is 0.549. The van der Waals surface area contributed by atoms with Gasteiger partial charge in [-0.15, -0.1) is 0 Å². The molecule has 64 valence electrons. The molecule has 1 atom stereocenters. The molecule has 0 unspecified atom stereocenters. The highest BCUT2D eigenvalue weighted by Crippen LogP contribution is 2.17. The summed E-state index contributed by atoms with van der Waals surface area (Å²) in [5.74, 6) is -0.159. The van der Waals surface area contributed by atoms with Crippen molar-refractivity contribution in [1.29, 1.82) is 0 Å². The third kappa shape index (κ3) is 2.89. The van der Waals surface area contributed by atoms with Gasteiger partial charge in [-0.2, -0.15) is 0 Å². The summed E-state index contributed by atoms with van der Waals surface area (Å²) >= 11 is 0. The van der Waals surface area contributed by atoms with Gasteiger partial charge in [-0.05, 0) is 20.8 Å². The second kappa shape index (κ2) is 2.81. The summed E-state index contributed by atoms with van der Waals surface area (Å²) in [5.41, 5.74) is -0.394. The van der Waals surface area contributed by atoms with Crippen molar-refractivity contribution >= 4 is 5.97 Å². The van der Waals surface area contributed by atoms with Gasteiger partial charge in [0.25, 0.3) is 0 Å². The molecule has 0 aromatic rings. The summed E-state index contributed by atoms with van der Waals surface area (Å²) in [4.78, 5) is 11.1. The van der Waals surface area contributed by atoms with Crippen molar-refractivity contribution in [2.75, 3.05) is 13.2 Å². The van der Waals surface area contributed by atoms with Crippen LogP contribution in [0.4, 0.5) is 0 Å². The molecule has 1 aliphatic rings. The lowest BCUT2D eigenvalue weighted by atomic mass is 9.97. The van der Waals surface area contributed by atoms with E-state index in [1.807, 2.05) is 20.8 Å². The smallest absolute Gasteiger partial charge is 0.311 e. The van der Waals surface area contributed by atoms with Crippen LogP contribution in [0.1, 0.15) is 20.8 Å². The van der Waals surface area contributed by atoms with Crippen molar-refractivity contribution in [3.05, 3.63) is 0 Å². The zero-order chi connectivity index (χ0) is 8.48. The van der Waals surface area contributed by atoms with Crippen LogP contribution in [0.2, 0.25) is 0 Å². The number of hydrogen-bond donors (Lipinski definition) is 0. The molecule has 1 saturated heterocycles. The van der Waals surface area contributed by atoms with Gasteiger partial charge in [0, 0.05) is 0 Å². The first kappa shape index (κ1) is 8.53. The van der Waals surface area contributed by atoms with Crippen LogP contribution in [-0.4, -0.2) is 25.3 Å². The SMILES string of the molecule is CC(C)(C)C(=O)OC[C@@H]1CO1. The predicted octanol–water partition coefficient (Wildman–Crippen LogP) is 0.975. The zero-order valence-corrected chi connectivity index (χ0v) is 7.22. The van der Waals surface area contributed by atoms with E-state index in [9.17, 15) is 4.79 Å². The third-order valence-corrected chi connectivity index (χ3v) is 1.42. The van der Waals surface area contributed by atoms with Crippen LogP contribution in [0.15, 0.2) is 0 Å². The van der Waals surface area contributed by atoms with Gasteiger partial charge in [0.2, 0.25) is 0 Å². The Morgan fingerprint density at radius 3 is 2.55 bits per heavy atom. The highest BCUT2D eigenvalue weighted by Gasteiger charge is 2.28. The minimum absolute atomic E-state index is 0.159. The Hall–Kier alpha value is -0.570. The second-order valence-corrected chi connectivity index (χ2v) is 3.80. The Bertz CT molecular complexity index is 153. The molecule has 0 aliphatic carbocycles. The topological polar surface area (TPSA) is 38.8 Å². The Labute approximate surface area is 66.7 Å². The molecule has 0 bridgehead atoms. The molecule has 0 aromatic carbocycles. The van der Waals surface area contributed by atoms with Gasteiger partial charge < -0.3 is 9.47 Å². The second-order valence-electron chi connectivity index (χ2n) is 3.80. The number of esters is 1.